The van der Waals surface area contributed by atoms with Crippen LogP contribution in [0.4, 0.5) is 0 Å². The van der Waals surface area contributed by atoms with Crippen LogP contribution in [0.25, 0.3) is 0 Å². The molecule has 2 N–H and O–H groups in total. The van der Waals surface area contributed by atoms with Crippen molar-refractivity contribution >= 4 is 13.7 Å². The molecule has 0 saturated heterocycles. The number of hydrogen-bond donors (Lipinski definition) is 2. The number of likely N-dealkylation sites (N-methyl/N-ethyl adjacent to an activating group) is 1. The molecule has 476 valence electrons. The molecule has 9 heteroatoms. The van der Waals surface area contributed by atoms with Crippen LogP contribution in [0.15, 0.2) is 60.8 Å². The summed E-state index contributed by atoms with van der Waals surface area (Å²) >= 11 is 0. The van der Waals surface area contributed by atoms with E-state index < -0.39 is 26.6 Å². The lowest BCUT2D eigenvalue weighted by molar-refractivity contribution is -0.870. The molecule has 3 atom stereocenters. The molecule has 81 heavy (non-hydrogen) atoms. The van der Waals surface area contributed by atoms with Crippen molar-refractivity contribution in [3.8, 4) is 0 Å². The Kier molecular flexibility index (Phi) is 61.3. The minimum Gasteiger partial charge on any atom is -0.756 e. The van der Waals surface area contributed by atoms with Crippen molar-refractivity contribution in [3.63, 3.8) is 0 Å². The third-order valence-electron chi connectivity index (χ3n) is 15.9. The molecule has 0 aromatic rings. The molecule has 3 unspecified atom stereocenters. The van der Waals surface area contributed by atoms with Gasteiger partial charge in [0.1, 0.15) is 13.2 Å². The van der Waals surface area contributed by atoms with Crippen LogP contribution in [0.1, 0.15) is 341 Å². The number of carbonyl (C=O) groups is 1. The number of quaternary nitrogens is 1. The van der Waals surface area contributed by atoms with Gasteiger partial charge in [-0.15, -0.1) is 0 Å². The van der Waals surface area contributed by atoms with Crippen LogP contribution >= 0.6 is 7.82 Å². The second-order valence-electron chi connectivity index (χ2n) is 25.2. The maximum absolute atomic E-state index is 13.0. The molecule has 0 radical (unpaired) electrons. The first kappa shape index (κ1) is 79.2. The lowest BCUT2D eigenvalue weighted by Crippen LogP contribution is -2.45. The topological polar surface area (TPSA) is 108 Å². The van der Waals surface area contributed by atoms with Crippen molar-refractivity contribution in [2.75, 3.05) is 40.9 Å². The lowest BCUT2D eigenvalue weighted by atomic mass is 10.0. The Labute approximate surface area is 504 Å². The fourth-order valence-electron chi connectivity index (χ4n) is 10.5. The molecular weight excluding hydrogens is 1020 g/mol. The van der Waals surface area contributed by atoms with Crippen LogP contribution in [0.5, 0.6) is 0 Å². The van der Waals surface area contributed by atoms with E-state index in [1.807, 2.05) is 27.2 Å². The SMILES string of the molecule is CCCCCCC/C=C\C/C=C\CCCCCCCCCCCCCCCCCCCCCCCC(=O)NC(COP(=O)([O-])OCC[N+](C)(C)C)C(O)/C=C/CC/C=C/CC/C=C/CCCCCCCCCCCCCCCCCC. The molecule has 0 heterocycles. The number of amides is 1. The van der Waals surface area contributed by atoms with Crippen LogP contribution in [-0.4, -0.2) is 68.5 Å². The number of phosphoric acid groups is 1. The number of rotatable bonds is 65. The predicted molar refractivity (Wildman–Crippen MR) is 353 cm³/mol. The van der Waals surface area contributed by atoms with Gasteiger partial charge in [0.2, 0.25) is 5.91 Å². The molecule has 0 saturated carbocycles. The molecule has 0 rings (SSSR count). The highest BCUT2D eigenvalue weighted by atomic mass is 31.2. The van der Waals surface area contributed by atoms with E-state index in [1.165, 1.54) is 270 Å². The van der Waals surface area contributed by atoms with Gasteiger partial charge in [-0.1, -0.05) is 319 Å². The second kappa shape index (κ2) is 62.7. The molecule has 0 aromatic heterocycles. The van der Waals surface area contributed by atoms with Gasteiger partial charge in [0.15, 0.2) is 0 Å². The molecule has 0 fully saturated rings. The van der Waals surface area contributed by atoms with Crippen molar-refractivity contribution in [3.05, 3.63) is 60.8 Å². The molecule has 8 nitrogen and oxygen atoms in total. The fourth-order valence-corrected chi connectivity index (χ4v) is 11.2. The van der Waals surface area contributed by atoms with Gasteiger partial charge in [-0.05, 0) is 77.0 Å². The molecule has 0 aromatic carbocycles. The number of phosphoric ester groups is 1. The number of nitrogens with one attached hydrogen (secondary N) is 1. The number of aliphatic hydroxyl groups is 1. The molecule has 0 spiro atoms. The van der Waals surface area contributed by atoms with Gasteiger partial charge >= 0.3 is 0 Å². The summed E-state index contributed by atoms with van der Waals surface area (Å²) in [6.45, 7) is 4.65. The highest BCUT2D eigenvalue weighted by molar-refractivity contribution is 7.45. The molecule has 0 aliphatic carbocycles. The van der Waals surface area contributed by atoms with Gasteiger partial charge in [0, 0.05) is 6.42 Å². The smallest absolute Gasteiger partial charge is 0.268 e. The van der Waals surface area contributed by atoms with Crippen LogP contribution in [0, 0.1) is 0 Å². The molecule has 0 bridgehead atoms. The summed E-state index contributed by atoms with van der Waals surface area (Å²) < 4.78 is 23.4. The Morgan fingerprint density at radius 1 is 0.432 bits per heavy atom. The first-order valence-corrected chi connectivity index (χ1v) is 36.6. The van der Waals surface area contributed by atoms with Crippen molar-refractivity contribution in [2.45, 2.75) is 353 Å². The van der Waals surface area contributed by atoms with E-state index in [-0.39, 0.29) is 12.5 Å². The highest BCUT2D eigenvalue weighted by Gasteiger charge is 2.23. The van der Waals surface area contributed by atoms with Crippen molar-refractivity contribution in [1.82, 2.24) is 5.32 Å². The monoisotopic (exact) mass is 1160 g/mol. The van der Waals surface area contributed by atoms with Crippen LogP contribution in [-0.2, 0) is 18.4 Å². The average molecular weight is 1160 g/mol. The van der Waals surface area contributed by atoms with E-state index >= 15 is 0 Å². The number of nitrogens with zero attached hydrogens (tertiary/aromatic N) is 1. The normalized spacial score (nSPS) is 14.0. The van der Waals surface area contributed by atoms with E-state index in [1.54, 1.807) is 6.08 Å². The van der Waals surface area contributed by atoms with Gasteiger partial charge in [0.05, 0.1) is 39.9 Å². The van der Waals surface area contributed by atoms with E-state index in [0.29, 0.717) is 17.4 Å². The summed E-state index contributed by atoms with van der Waals surface area (Å²) in [5, 5.41) is 13.9. The Balaban J connectivity index is 4.09. The quantitative estimate of drug-likeness (QED) is 0.0272. The summed E-state index contributed by atoms with van der Waals surface area (Å²) in [6, 6.07) is -0.912. The summed E-state index contributed by atoms with van der Waals surface area (Å²) in [4.78, 5) is 25.6. The lowest BCUT2D eigenvalue weighted by Gasteiger charge is -2.29. The molecule has 0 aliphatic heterocycles. The highest BCUT2D eigenvalue weighted by Crippen LogP contribution is 2.38. The Morgan fingerprint density at radius 3 is 1.07 bits per heavy atom. The molecule has 1 amide bonds. The standard InChI is InChI=1S/C72H137N2O6P/c1-6-8-10-12-14-16-18-20-22-24-26-28-30-32-34-35-36-37-38-39-40-42-44-46-48-50-52-54-56-58-60-62-64-66-72(76)73-70(69-80-81(77,78)79-68-67-74(3,4)5)71(75)65-63-61-59-57-55-53-51-49-47-45-43-41-33-31-29-27-25-23-21-19-17-15-13-11-9-7-2/h18,20,24,26,47,49,55,57,63,65,70-71,75H,6-17,19,21-23,25,27-46,48,50-54,56,58-62,64,66-69H2,1-5H3,(H-,73,76,77,78)/b20-18-,26-24-,49-47+,57-55+,65-63+. The zero-order valence-corrected chi connectivity index (χ0v) is 55.4. The van der Waals surface area contributed by atoms with Crippen molar-refractivity contribution < 1.29 is 32.9 Å². The van der Waals surface area contributed by atoms with E-state index in [2.05, 4.69) is 67.8 Å². The van der Waals surface area contributed by atoms with E-state index in [9.17, 15) is 19.4 Å². The van der Waals surface area contributed by atoms with Crippen molar-refractivity contribution in [2.24, 2.45) is 0 Å². The zero-order valence-electron chi connectivity index (χ0n) is 54.5. The maximum Gasteiger partial charge on any atom is 0.268 e. The van der Waals surface area contributed by atoms with E-state index in [0.717, 1.165) is 51.4 Å². The second-order valence-corrected chi connectivity index (χ2v) is 26.6. The predicted octanol–water partition coefficient (Wildman–Crippen LogP) is 21.8. The summed E-state index contributed by atoms with van der Waals surface area (Å²) in [7, 11) is 1.25. The minimum absolute atomic E-state index is 0.00880. The number of hydrogen-bond acceptors (Lipinski definition) is 6. The fraction of sp³-hybridized carbons (Fsp3) is 0.847. The Hall–Kier alpha value is -1.80. The number of aliphatic hydroxyl groups excluding tert-OH is 1. The minimum atomic E-state index is -4.62. The van der Waals surface area contributed by atoms with Gasteiger partial charge in [-0.2, -0.15) is 0 Å². The van der Waals surface area contributed by atoms with Gasteiger partial charge in [-0.25, -0.2) is 0 Å². The number of carbonyl (C=O) groups excluding carboxylic acids is 1. The third-order valence-corrected chi connectivity index (χ3v) is 16.9. The van der Waals surface area contributed by atoms with Crippen LogP contribution in [0.2, 0.25) is 0 Å². The van der Waals surface area contributed by atoms with Gasteiger partial charge in [-0.3, -0.25) is 9.36 Å². The summed E-state index contributed by atoms with van der Waals surface area (Å²) in [5.74, 6) is -0.206. The summed E-state index contributed by atoms with van der Waals surface area (Å²) in [6.07, 6.45) is 86.4. The summed E-state index contributed by atoms with van der Waals surface area (Å²) in [5.41, 5.74) is 0. The Morgan fingerprint density at radius 2 is 0.728 bits per heavy atom. The Bertz CT molecular complexity index is 1500. The van der Waals surface area contributed by atoms with E-state index in [4.69, 9.17) is 9.05 Å². The maximum atomic E-state index is 13.0. The van der Waals surface area contributed by atoms with Crippen LogP contribution < -0.4 is 10.2 Å². The largest absolute Gasteiger partial charge is 0.756 e. The van der Waals surface area contributed by atoms with Gasteiger partial charge in [0.25, 0.3) is 7.82 Å². The van der Waals surface area contributed by atoms with Crippen LogP contribution in [0.3, 0.4) is 0 Å². The molecule has 0 aliphatic rings. The van der Waals surface area contributed by atoms with Gasteiger partial charge < -0.3 is 28.8 Å². The third kappa shape index (κ3) is 65.6. The number of allylic oxidation sites excluding steroid dienone is 9. The van der Waals surface area contributed by atoms with Crippen molar-refractivity contribution in [1.29, 1.82) is 0 Å². The zero-order chi connectivity index (χ0) is 59.1. The first-order chi connectivity index (χ1) is 39.5. The first-order valence-electron chi connectivity index (χ1n) is 35.2. The number of unbranched alkanes of at least 4 members (excludes halogenated alkanes) is 44. The molecular formula is C72H137N2O6P. The average Bonchev–Trinajstić information content (AvgIpc) is 3.43.